The van der Waals surface area contributed by atoms with Gasteiger partial charge in [-0.15, -0.1) is 0 Å². The zero-order valence-corrected chi connectivity index (χ0v) is 16.5. The molecule has 0 amide bonds. The third kappa shape index (κ3) is 4.64. The van der Waals surface area contributed by atoms with Crippen molar-refractivity contribution in [1.29, 1.82) is 0 Å². The maximum absolute atomic E-state index is 9.35. The van der Waals surface area contributed by atoms with Crippen molar-refractivity contribution in [3.63, 3.8) is 0 Å². The molecule has 0 fully saturated rings. The molecule has 29 heavy (non-hydrogen) atoms. The summed E-state index contributed by atoms with van der Waals surface area (Å²) in [6.07, 6.45) is 0. The second kappa shape index (κ2) is 8.62. The summed E-state index contributed by atoms with van der Waals surface area (Å²) >= 11 is 5.83. The number of aromatic hydroxyl groups is 2. The highest BCUT2D eigenvalue weighted by atomic mass is 35.5. The normalized spacial score (nSPS) is 10.3. The summed E-state index contributed by atoms with van der Waals surface area (Å²) in [4.78, 5) is 4.25. The number of fused-ring (bicyclic) bond motifs is 1. The molecule has 4 rings (SSSR count). The summed E-state index contributed by atoms with van der Waals surface area (Å²) in [7, 11) is 3.18. The molecule has 1 aromatic heterocycles. The number of aromatic nitrogens is 1. The summed E-state index contributed by atoms with van der Waals surface area (Å²) in [5, 5.41) is 18.9. The largest absolute Gasteiger partial charge is 0.508 e. The monoisotopic (exact) mass is 414 g/mol. The minimum atomic E-state index is 0.00849. The Balaban J connectivity index is 0.000000188. The molecule has 0 aliphatic rings. The van der Waals surface area contributed by atoms with Gasteiger partial charge in [-0.2, -0.15) is 0 Å². The maximum Gasteiger partial charge on any atom is 0.227 e. The first-order valence-corrected chi connectivity index (χ1v) is 8.85. The van der Waals surface area contributed by atoms with Gasteiger partial charge in [0.1, 0.15) is 28.5 Å². The predicted octanol–water partition coefficient (Wildman–Crippen LogP) is 4.85. The van der Waals surface area contributed by atoms with E-state index in [0.717, 1.165) is 5.75 Å². The average Bonchev–Trinajstić information content (AvgIpc) is 3.13. The number of hydrogen-bond donors (Lipinski definition) is 3. The minimum absolute atomic E-state index is 0.00849. The van der Waals surface area contributed by atoms with Crippen molar-refractivity contribution < 1.29 is 24.1 Å². The second-order valence-corrected chi connectivity index (χ2v) is 6.35. The highest BCUT2D eigenvalue weighted by Gasteiger charge is 2.10. The van der Waals surface area contributed by atoms with E-state index in [1.807, 2.05) is 0 Å². The summed E-state index contributed by atoms with van der Waals surface area (Å²) < 4.78 is 15.5. The van der Waals surface area contributed by atoms with Crippen LogP contribution in [0.3, 0.4) is 0 Å². The number of benzene rings is 3. The minimum Gasteiger partial charge on any atom is -0.508 e. The number of nitrogens with two attached hydrogens (primary N) is 1. The number of rotatable bonds is 3. The summed E-state index contributed by atoms with van der Waals surface area (Å²) in [6, 6.07) is 14.7. The van der Waals surface area contributed by atoms with Gasteiger partial charge in [0, 0.05) is 17.7 Å². The van der Waals surface area contributed by atoms with Gasteiger partial charge in [-0.3, -0.25) is 0 Å². The molecule has 0 saturated heterocycles. The molecule has 0 atom stereocenters. The molecule has 3 aromatic carbocycles. The van der Waals surface area contributed by atoms with Crippen LogP contribution in [0.4, 0.5) is 5.69 Å². The van der Waals surface area contributed by atoms with Gasteiger partial charge in [-0.25, -0.2) is 4.98 Å². The van der Waals surface area contributed by atoms with Crippen LogP contribution in [0.1, 0.15) is 0 Å². The van der Waals surface area contributed by atoms with Crippen molar-refractivity contribution in [2.24, 2.45) is 0 Å². The van der Waals surface area contributed by atoms with Crippen LogP contribution in [0.15, 0.2) is 59.0 Å². The van der Waals surface area contributed by atoms with Gasteiger partial charge in [0.15, 0.2) is 5.58 Å². The Kier molecular flexibility index (Phi) is 5.99. The van der Waals surface area contributed by atoms with Gasteiger partial charge < -0.3 is 29.8 Å². The fraction of sp³-hybridized carbons (Fsp3) is 0.0952. The molecule has 7 nitrogen and oxygen atoms in total. The summed E-state index contributed by atoms with van der Waals surface area (Å²) in [5.74, 6) is 1.94. The molecule has 0 aliphatic heterocycles. The first-order chi connectivity index (χ1) is 13.9. The lowest BCUT2D eigenvalue weighted by atomic mass is 10.2. The molecule has 0 bridgehead atoms. The first-order valence-electron chi connectivity index (χ1n) is 8.47. The summed E-state index contributed by atoms with van der Waals surface area (Å²) in [6.45, 7) is 0. The number of phenolic OH excluding ortho intramolecular Hbond substituents is 2. The number of oxazole rings is 1. The molecule has 0 aliphatic carbocycles. The molecule has 0 unspecified atom stereocenters. The molecule has 150 valence electrons. The smallest absolute Gasteiger partial charge is 0.227 e. The van der Waals surface area contributed by atoms with Crippen LogP contribution < -0.4 is 15.2 Å². The fourth-order valence-corrected chi connectivity index (χ4v) is 2.70. The van der Waals surface area contributed by atoms with E-state index in [2.05, 4.69) is 4.98 Å². The van der Waals surface area contributed by atoms with Gasteiger partial charge in [-0.1, -0.05) is 11.6 Å². The van der Waals surface area contributed by atoms with Gasteiger partial charge in [0.05, 0.1) is 24.9 Å². The number of methoxy groups -OCH3 is 2. The van der Waals surface area contributed by atoms with Crippen molar-refractivity contribution in [3.05, 3.63) is 59.6 Å². The van der Waals surface area contributed by atoms with Gasteiger partial charge in [0.2, 0.25) is 5.89 Å². The van der Waals surface area contributed by atoms with Crippen LogP contribution in [-0.2, 0) is 0 Å². The van der Waals surface area contributed by atoms with Crippen molar-refractivity contribution in [2.45, 2.75) is 0 Å². The SMILES string of the molecule is COc1ccc(OC)c(N)c1.Oc1ccc2oc(-c3ccc(O)c(Cl)c3)nc2c1. The van der Waals surface area contributed by atoms with Crippen LogP contribution in [0, 0.1) is 0 Å². The highest BCUT2D eigenvalue weighted by Crippen LogP contribution is 2.31. The Labute approximate surface area is 171 Å². The molecule has 4 N–H and O–H groups in total. The zero-order chi connectivity index (χ0) is 21.0. The number of halogens is 1. The predicted molar refractivity (Wildman–Crippen MR) is 112 cm³/mol. The van der Waals surface area contributed by atoms with Crippen LogP contribution in [0.5, 0.6) is 23.0 Å². The first kappa shape index (κ1) is 20.2. The molecule has 0 spiro atoms. The van der Waals surface area contributed by atoms with Crippen molar-refractivity contribution in [3.8, 4) is 34.5 Å². The van der Waals surface area contributed by atoms with E-state index < -0.39 is 0 Å². The molecule has 4 aromatic rings. The number of phenols is 2. The molecular formula is C21H19ClN2O5. The third-order valence-electron chi connectivity index (χ3n) is 4.00. The average molecular weight is 415 g/mol. The molecule has 8 heteroatoms. The lowest BCUT2D eigenvalue weighted by Gasteiger charge is -2.05. The lowest BCUT2D eigenvalue weighted by Crippen LogP contribution is -1.92. The molecular weight excluding hydrogens is 396 g/mol. The van der Waals surface area contributed by atoms with E-state index >= 15 is 0 Å². The quantitative estimate of drug-likeness (QED) is 0.411. The molecule has 0 saturated carbocycles. The third-order valence-corrected chi connectivity index (χ3v) is 4.31. The van der Waals surface area contributed by atoms with E-state index in [0.29, 0.717) is 34.0 Å². The standard InChI is InChI=1S/C13H8ClNO3.C8H11NO2/c14-9-5-7(1-3-11(9)17)13-15-10-6-8(16)2-4-12(10)18-13;1-10-6-3-4-8(11-2)7(9)5-6/h1-6,16-17H;3-5H,9H2,1-2H3. The number of nitrogen functional groups attached to an aromatic ring is 1. The Morgan fingerprint density at radius 1 is 0.966 bits per heavy atom. The highest BCUT2D eigenvalue weighted by molar-refractivity contribution is 6.32. The summed E-state index contributed by atoms with van der Waals surface area (Å²) in [5.41, 5.74) is 7.99. The van der Waals surface area contributed by atoms with E-state index in [1.165, 1.54) is 18.2 Å². The lowest BCUT2D eigenvalue weighted by molar-refractivity contribution is 0.405. The maximum atomic E-state index is 9.35. The number of anilines is 1. The Morgan fingerprint density at radius 3 is 2.41 bits per heavy atom. The van der Waals surface area contributed by atoms with E-state index in [4.69, 9.17) is 31.2 Å². The van der Waals surface area contributed by atoms with Gasteiger partial charge in [0.25, 0.3) is 0 Å². The second-order valence-electron chi connectivity index (χ2n) is 5.95. The number of hydrogen-bond acceptors (Lipinski definition) is 7. The van der Waals surface area contributed by atoms with Crippen LogP contribution in [0.2, 0.25) is 5.02 Å². The van der Waals surface area contributed by atoms with E-state index in [-0.39, 0.29) is 16.5 Å². The van der Waals surface area contributed by atoms with Crippen molar-refractivity contribution in [2.75, 3.05) is 20.0 Å². The Bertz CT molecular complexity index is 1140. The van der Waals surface area contributed by atoms with Gasteiger partial charge >= 0.3 is 0 Å². The van der Waals surface area contributed by atoms with Crippen LogP contribution in [-0.4, -0.2) is 29.4 Å². The molecule has 1 heterocycles. The van der Waals surface area contributed by atoms with E-state index in [9.17, 15) is 10.2 Å². The number of ether oxygens (including phenoxy) is 2. The van der Waals surface area contributed by atoms with Gasteiger partial charge in [-0.05, 0) is 42.5 Å². The Morgan fingerprint density at radius 2 is 1.76 bits per heavy atom. The van der Waals surface area contributed by atoms with E-state index in [1.54, 1.807) is 50.6 Å². The Hall–Kier alpha value is -3.58. The molecule has 0 radical (unpaired) electrons. The van der Waals surface area contributed by atoms with Crippen LogP contribution in [0.25, 0.3) is 22.6 Å². The topological polar surface area (TPSA) is 111 Å². The zero-order valence-electron chi connectivity index (χ0n) is 15.7. The van der Waals surface area contributed by atoms with Crippen molar-refractivity contribution in [1.82, 2.24) is 4.98 Å². The fourth-order valence-electron chi connectivity index (χ4n) is 2.52. The number of nitrogens with zero attached hydrogens (tertiary/aromatic N) is 1. The van der Waals surface area contributed by atoms with Crippen LogP contribution >= 0.6 is 11.6 Å². The van der Waals surface area contributed by atoms with Crippen molar-refractivity contribution >= 4 is 28.4 Å².